The Morgan fingerprint density at radius 3 is 2.46 bits per heavy atom. The van der Waals surface area contributed by atoms with Gasteiger partial charge in [-0.1, -0.05) is 23.7 Å². The molecule has 3 aromatic rings. The quantitative estimate of drug-likeness (QED) is 0.227. The number of nitrogens with zero attached hydrogens (tertiary/aromatic N) is 3. The Bertz CT molecular complexity index is 1400. The second-order valence-corrected chi connectivity index (χ2v) is 12.0. The van der Waals surface area contributed by atoms with E-state index >= 15 is 0 Å². The monoisotopic (exact) mass is 574 g/mol. The first kappa shape index (κ1) is 29.0. The number of hydrogen-bond acceptors (Lipinski definition) is 9. The van der Waals surface area contributed by atoms with Gasteiger partial charge in [-0.15, -0.1) is 0 Å². The molecule has 2 aromatic carbocycles. The van der Waals surface area contributed by atoms with Crippen molar-refractivity contribution in [3.05, 3.63) is 58.7 Å². The lowest BCUT2D eigenvalue weighted by atomic mass is 10.0. The fraction of sp³-hybridized carbons (Fsp3) is 0.407. The third-order valence-corrected chi connectivity index (χ3v) is 8.82. The van der Waals surface area contributed by atoms with Crippen LogP contribution in [0, 0.1) is 0 Å². The number of rotatable bonds is 11. The number of ether oxygens (including phenoxy) is 2. The van der Waals surface area contributed by atoms with E-state index < -0.39 is 10.0 Å². The highest BCUT2D eigenvalue weighted by Crippen LogP contribution is 2.35. The number of halogens is 1. The smallest absolute Gasteiger partial charge is 0.244 e. The van der Waals surface area contributed by atoms with Crippen LogP contribution in [0.5, 0.6) is 5.75 Å². The van der Waals surface area contributed by atoms with Crippen LogP contribution in [0.15, 0.2) is 47.5 Å². The Kier molecular flexibility index (Phi) is 9.62. The summed E-state index contributed by atoms with van der Waals surface area (Å²) < 4.78 is 37.7. The van der Waals surface area contributed by atoms with E-state index in [0.29, 0.717) is 30.0 Å². The molecule has 1 aromatic heterocycles. The SMILES string of the molecule is COCCNC1CCc2cc(Nc3ncc(Cl)c(Nc4ccccc4S(=O)(=O)N(C)C)n3)c(OC)cc2CC1. The minimum Gasteiger partial charge on any atom is -0.495 e. The van der Waals surface area contributed by atoms with Gasteiger partial charge >= 0.3 is 0 Å². The highest BCUT2D eigenvalue weighted by molar-refractivity contribution is 7.89. The summed E-state index contributed by atoms with van der Waals surface area (Å²) in [6.45, 7) is 1.53. The number of benzene rings is 2. The first-order valence-electron chi connectivity index (χ1n) is 12.7. The fourth-order valence-electron chi connectivity index (χ4n) is 4.53. The van der Waals surface area contributed by atoms with Gasteiger partial charge in [-0.05, 0) is 61.1 Å². The van der Waals surface area contributed by atoms with Gasteiger partial charge in [0.05, 0.1) is 31.3 Å². The van der Waals surface area contributed by atoms with E-state index in [0.717, 1.165) is 42.2 Å². The number of aromatic nitrogens is 2. The summed E-state index contributed by atoms with van der Waals surface area (Å²) in [5, 5.41) is 10.2. The summed E-state index contributed by atoms with van der Waals surface area (Å²) in [7, 11) is 2.63. The largest absolute Gasteiger partial charge is 0.495 e. The van der Waals surface area contributed by atoms with Gasteiger partial charge in [-0.3, -0.25) is 0 Å². The molecule has 0 saturated heterocycles. The summed E-state index contributed by atoms with van der Waals surface area (Å²) >= 11 is 6.40. The Morgan fingerprint density at radius 1 is 1.05 bits per heavy atom. The predicted octanol–water partition coefficient (Wildman–Crippen LogP) is 4.36. The number of nitrogens with one attached hydrogen (secondary N) is 3. The Labute approximate surface area is 235 Å². The number of hydrogen-bond donors (Lipinski definition) is 3. The van der Waals surface area contributed by atoms with Crippen LogP contribution in [-0.4, -0.2) is 70.2 Å². The lowest BCUT2D eigenvalue weighted by Gasteiger charge is -2.17. The first-order valence-corrected chi connectivity index (χ1v) is 14.5. The summed E-state index contributed by atoms with van der Waals surface area (Å²) in [5.74, 6) is 1.25. The summed E-state index contributed by atoms with van der Waals surface area (Å²) in [6, 6.07) is 11.2. The van der Waals surface area contributed by atoms with Crippen molar-refractivity contribution in [2.75, 3.05) is 52.1 Å². The third-order valence-electron chi connectivity index (χ3n) is 6.67. The van der Waals surface area contributed by atoms with Gasteiger partial charge in [0.2, 0.25) is 16.0 Å². The molecule has 0 saturated carbocycles. The van der Waals surface area contributed by atoms with Gasteiger partial charge in [0.15, 0.2) is 5.82 Å². The van der Waals surface area contributed by atoms with Crippen molar-refractivity contribution in [1.29, 1.82) is 0 Å². The molecule has 1 unspecified atom stereocenters. The van der Waals surface area contributed by atoms with Crippen molar-refractivity contribution in [3.63, 3.8) is 0 Å². The first-order chi connectivity index (χ1) is 18.7. The number of sulfonamides is 1. The molecular weight excluding hydrogens is 540 g/mol. The molecule has 10 nitrogen and oxygen atoms in total. The summed E-state index contributed by atoms with van der Waals surface area (Å²) in [4.78, 5) is 8.99. The molecule has 3 N–H and O–H groups in total. The third kappa shape index (κ3) is 6.98. The number of anilines is 4. The van der Waals surface area contributed by atoms with Crippen LogP contribution < -0.4 is 20.7 Å². The minimum atomic E-state index is -3.69. The van der Waals surface area contributed by atoms with Crippen LogP contribution in [0.2, 0.25) is 5.02 Å². The van der Waals surface area contributed by atoms with E-state index in [-0.39, 0.29) is 15.7 Å². The van der Waals surface area contributed by atoms with Gasteiger partial charge in [-0.2, -0.15) is 4.98 Å². The van der Waals surface area contributed by atoms with Crippen molar-refractivity contribution < 1.29 is 17.9 Å². The van der Waals surface area contributed by atoms with E-state index in [2.05, 4.69) is 38.1 Å². The van der Waals surface area contributed by atoms with Crippen molar-refractivity contribution >= 4 is 44.8 Å². The zero-order chi connectivity index (χ0) is 28.0. The van der Waals surface area contributed by atoms with E-state index in [1.807, 2.05) is 0 Å². The lowest BCUT2D eigenvalue weighted by Crippen LogP contribution is -2.32. The normalized spacial score (nSPS) is 15.5. The molecule has 1 aliphatic rings. The maximum atomic E-state index is 12.8. The molecule has 0 amide bonds. The van der Waals surface area contributed by atoms with Gasteiger partial charge in [0.1, 0.15) is 15.7 Å². The number of para-hydroxylation sites is 1. The molecular formula is C27H35ClN6O4S. The van der Waals surface area contributed by atoms with Crippen LogP contribution >= 0.6 is 11.6 Å². The molecule has 39 heavy (non-hydrogen) atoms. The predicted molar refractivity (Wildman–Crippen MR) is 154 cm³/mol. The van der Waals surface area contributed by atoms with E-state index in [4.69, 9.17) is 21.1 Å². The lowest BCUT2D eigenvalue weighted by molar-refractivity contribution is 0.194. The topological polar surface area (TPSA) is 118 Å². The van der Waals surface area contributed by atoms with Crippen LogP contribution in [0.1, 0.15) is 24.0 Å². The van der Waals surface area contributed by atoms with Crippen LogP contribution in [0.25, 0.3) is 0 Å². The summed E-state index contributed by atoms with van der Waals surface area (Å²) in [6.07, 6.45) is 5.44. The molecule has 1 atom stereocenters. The molecule has 0 aliphatic heterocycles. The molecule has 0 fully saturated rings. The van der Waals surface area contributed by atoms with Crippen LogP contribution in [0.3, 0.4) is 0 Å². The van der Waals surface area contributed by atoms with Crippen LogP contribution in [0.4, 0.5) is 23.1 Å². The van der Waals surface area contributed by atoms with Crippen molar-refractivity contribution in [2.24, 2.45) is 0 Å². The summed E-state index contributed by atoms with van der Waals surface area (Å²) in [5.41, 5.74) is 3.62. The van der Waals surface area contributed by atoms with Gasteiger partial charge in [0.25, 0.3) is 0 Å². The average molecular weight is 575 g/mol. The fourth-order valence-corrected chi connectivity index (χ4v) is 5.71. The molecule has 1 heterocycles. The number of fused-ring (bicyclic) bond motifs is 1. The highest BCUT2D eigenvalue weighted by Gasteiger charge is 2.22. The number of methoxy groups -OCH3 is 2. The minimum absolute atomic E-state index is 0.113. The molecule has 12 heteroatoms. The maximum Gasteiger partial charge on any atom is 0.244 e. The standard InChI is InChI=1S/C27H35ClN6O4S/c1-34(2)39(35,36)25-8-6-5-7-22(25)31-26-21(28)17-30-27(33-26)32-23-15-18-9-11-20(29-13-14-37-3)12-10-19(18)16-24(23)38-4/h5-8,15-17,20,29H,9-14H2,1-4H3,(H2,30,31,32,33). The number of aryl methyl sites for hydroxylation is 2. The molecule has 0 bridgehead atoms. The highest BCUT2D eigenvalue weighted by atomic mass is 35.5. The Balaban J connectivity index is 1.57. The van der Waals surface area contributed by atoms with E-state index in [1.54, 1.807) is 32.4 Å². The molecule has 1 aliphatic carbocycles. The van der Waals surface area contributed by atoms with Crippen LogP contribution in [-0.2, 0) is 27.6 Å². The maximum absolute atomic E-state index is 12.8. The van der Waals surface area contributed by atoms with Gasteiger partial charge in [0, 0.05) is 33.8 Å². The Morgan fingerprint density at radius 2 is 1.77 bits per heavy atom. The van der Waals surface area contributed by atoms with Crippen molar-refractivity contribution in [1.82, 2.24) is 19.6 Å². The zero-order valence-corrected chi connectivity index (χ0v) is 24.2. The molecule has 210 valence electrons. The van der Waals surface area contributed by atoms with Gasteiger partial charge < -0.3 is 25.4 Å². The molecule has 4 rings (SSSR count). The molecule has 0 radical (unpaired) electrons. The average Bonchev–Trinajstić information content (AvgIpc) is 3.12. The second-order valence-electron chi connectivity index (χ2n) is 9.47. The second kappa shape index (κ2) is 12.9. The van der Waals surface area contributed by atoms with Crippen molar-refractivity contribution in [2.45, 2.75) is 36.6 Å². The molecule has 0 spiro atoms. The van der Waals surface area contributed by atoms with Gasteiger partial charge in [-0.25, -0.2) is 17.7 Å². The Hall–Kier alpha value is -2.96. The van der Waals surface area contributed by atoms with E-state index in [9.17, 15) is 8.42 Å². The van der Waals surface area contributed by atoms with E-state index in [1.165, 1.54) is 37.5 Å². The van der Waals surface area contributed by atoms with Crippen molar-refractivity contribution in [3.8, 4) is 5.75 Å². The zero-order valence-electron chi connectivity index (χ0n) is 22.6.